The number of carbonyl (C=O) groups is 1. The molecule has 130 valence electrons. The molecule has 4 atom stereocenters. The Bertz CT molecular complexity index is 661. The molecule has 0 radical (unpaired) electrons. The Balaban J connectivity index is 1.61. The Labute approximate surface area is 147 Å². The van der Waals surface area contributed by atoms with Gasteiger partial charge in [0.1, 0.15) is 11.5 Å². The molecule has 4 nitrogen and oxygen atoms in total. The highest BCUT2D eigenvalue weighted by molar-refractivity contribution is 6.24. The Kier molecular flexibility index (Phi) is 3.72. The molecule has 5 rings (SSSR count). The van der Waals surface area contributed by atoms with Crippen LogP contribution in [0.2, 0.25) is 0 Å². The second-order valence-corrected chi connectivity index (χ2v) is 8.71. The van der Waals surface area contributed by atoms with E-state index >= 15 is 0 Å². The number of amides is 1. The van der Waals surface area contributed by atoms with Gasteiger partial charge in [-0.3, -0.25) is 4.79 Å². The number of methoxy groups -OCH3 is 2. The minimum absolute atomic E-state index is 0.0909. The summed E-state index contributed by atoms with van der Waals surface area (Å²) in [6.45, 7) is 0. The standard InChI is InChI=1S/C19H24ClNO3/c1-23-14-3-4-16(24-2)15(6-14)21-17(22)18-7-12-5-13(8-18)10-19(20,9-12)11-18/h3-4,6,12-13H,5,7-11H2,1-2H3,(H,21,22)/t12-,13+,18?,19?. The molecule has 4 aliphatic carbocycles. The van der Waals surface area contributed by atoms with Crippen molar-refractivity contribution in [2.75, 3.05) is 19.5 Å². The van der Waals surface area contributed by atoms with Crippen LogP contribution in [0.4, 0.5) is 5.69 Å². The van der Waals surface area contributed by atoms with Crippen molar-refractivity contribution in [3.8, 4) is 11.5 Å². The molecule has 1 N–H and O–H groups in total. The fourth-order valence-corrected chi connectivity index (χ4v) is 6.28. The number of hydrogen-bond donors (Lipinski definition) is 1. The lowest BCUT2D eigenvalue weighted by atomic mass is 9.49. The van der Waals surface area contributed by atoms with E-state index in [9.17, 15) is 4.79 Å². The highest BCUT2D eigenvalue weighted by Gasteiger charge is 2.60. The zero-order valence-electron chi connectivity index (χ0n) is 14.2. The van der Waals surface area contributed by atoms with Gasteiger partial charge in [-0.2, -0.15) is 0 Å². The summed E-state index contributed by atoms with van der Waals surface area (Å²) in [5.41, 5.74) is 0.348. The summed E-state index contributed by atoms with van der Waals surface area (Å²) in [5, 5.41) is 3.11. The normalized spacial score (nSPS) is 36.5. The third-order valence-electron chi connectivity index (χ3n) is 6.13. The van der Waals surface area contributed by atoms with Gasteiger partial charge in [0.25, 0.3) is 0 Å². The molecular formula is C19H24ClNO3. The summed E-state index contributed by atoms with van der Waals surface area (Å²) in [7, 11) is 3.22. The van der Waals surface area contributed by atoms with E-state index in [1.165, 1.54) is 6.42 Å². The summed E-state index contributed by atoms with van der Waals surface area (Å²) in [6.07, 6.45) is 6.12. The van der Waals surface area contributed by atoms with Crippen LogP contribution < -0.4 is 14.8 Å². The minimum Gasteiger partial charge on any atom is -0.497 e. The molecule has 1 aromatic carbocycles. The highest BCUT2D eigenvalue weighted by atomic mass is 35.5. The number of alkyl halides is 1. The van der Waals surface area contributed by atoms with Gasteiger partial charge in [0.15, 0.2) is 0 Å². The maximum Gasteiger partial charge on any atom is 0.230 e. The largest absolute Gasteiger partial charge is 0.497 e. The van der Waals surface area contributed by atoms with Crippen molar-refractivity contribution < 1.29 is 14.3 Å². The molecule has 4 aliphatic rings. The molecule has 4 fully saturated rings. The number of benzene rings is 1. The molecule has 0 spiro atoms. The quantitative estimate of drug-likeness (QED) is 0.828. The van der Waals surface area contributed by atoms with Gasteiger partial charge < -0.3 is 14.8 Å². The number of hydrogen-bond acceptors (Lipinski definition) is 3. The maximum absolute atomic E-state index is 13.2. The molecule has 5 heteroatoms. The third kappa shape index (κ3) is 2.55. The van der Waals surface area contributed by atoms with E-state index in [0.29, 0.717) is 29.0 Å². The molecule has 0 saturated heterocycles. The van der Waals surface area contributed by atoms with E-state index in [1.807, 2.05) is 18.2 Å². The van der Waals surface area contributed by atoms with Gasteiger partial charge in [-0.05, 0) is 62.5 Å². The van der Waals surface area contributed by atoms with Gasteiger partial charge in [0.05, 0.1) is 25.3 Å². The second kappa shape index (κ2) is 5.55. The first-order chi connectivity index (χ1) is 11.5. The fourth-order valence-electron chi connectivity index (χ4n) is 5.58. The number of carbonyl (C=O) groups excluding carboxylic acids is 1. The predicted octanol–water partition coefficient (Wildman–Crippen LogP) is 4.22. The van der Waals surface area contributed by atoms with Gasteiger partial charge >= 0.3 is 0 Å². The first-order valence-electron chi connectivity index (χ1n) is 8.68. The number of anilines is 1. The second-order valence-electron chi connectivity index (χ2n) is 7.91. The smallest absolute Gasteiger partial charge is 0.230 e. The van der Waals surface area contributed by atoms with E-state index in [1.54, 1.807) is 14.2 Å². The number of nitrogens with one attached hydrogen (secondary N) is 1. The van der Waals surface area contributed by atoms with Crippen LogP contribution in [-0.4, -0.2) is 25.0 Å². The molecule has 0 aliphatic heterocycles. The fraction of sp³-hybridized carbons (Fsp3) is 0.632. The highest BCUT2D eigenvalue weighted by Crippen LogP contribution is 2.64. The Morgan fingerprint density at radius 2 is 1.88 bits per heavy atom. The molecule has 1 aromatic rings. The van der Waals surface area contributed by atoms with Crippen LogP contribution in [0, 0.1) is 17.3 Å². The van der Waals surface area contributed by atoms with Crippen molar-refractivity contribution in [3.05, 3.63) is 18.2 Å². The van der Waals surface area contributed by atoms with Crippen molar-refractivity contribution in [3.63, 3.8) is 0 Å². The van der Waals surface area contributed by atoms with Crippen LogP contribution in [-0.2, 0) is 4.79 Å². The summed E-state index contributed by atoms with van der Waals surface area (Å²) in [6, 6.07) is 5.46. The van der Waals surface area contributed by atoms with Gasteiger partial charge in [0, 0.05) is 10.9 Å². The lowest BCUT2D eigenvalue weighted by Gasteiger charge is -2.59. The molecule has 4 bridgehead atoms. The maximum atomic E-state index is 13.2. The molecule has 4 saturated carbocycles. The van der Waals surface area contributed by atoms with E-state index < -0.39 is 0 Å². The molecule has 0 heterocycles. The monoisotopic (exact) mass is 349 g/mol. The lowest BCUT2D eigenvalue weighted by molar-refractivity contribution is -0.138. The van der Waals surface area contributed by atoms with Crippen molar-refractivity contribution in [1.82, 2.24) is 0 Å². The topological polar surface area (TPSA) is 47.6 Å². The van der Waals surface area contributed by atoms with Gasteiger partial charge in [-0.1, -0.05) is 0 Å². The lowest BCUT2D eigenvalue weighted by Crippen LogP contribution is -2.57. The van der Waals surface area contributed by atoms with Gasteiger partial charge in [-0.15, -0.1) is 11.6 Å². The average molecular weight is 350 g/mol. The van der Waals surface area contributed by atoms with Crippen LogP contribution in [0.3, 0.4) is 0 Å². The zero-order chi connectivity index (χ0) is 16.9. The Hall–Kier alpha value is -1.42. The van der Waals surface area contributed by atoms with E-state index in [-0.39, 0.29) is 16.2 Å². The van der Waals surface area contributed by atoms with Gasteiger partial charge in [0.2, 0.25) is 5.91 Å². The average Bonchev–Trinajstić information content (AvgIpc) is 2.52. The number of rotatable bonds is 4. The molecular weight excluding hydrogens is 326 g/mol. The zero-order valence-corrected chi connectivity index (χ0v) is 15.0. The predicted molar refractivity (Wildman–Crippen MR) is 93.9 cm³/mol. The molecule has 1 amide bonds. The summed E-state index contributed by atoms with van der Waals surface area (Å²) in [4.78, 5) is 13.0. The van der Waals surface area contributed by atoms with Crippen molar-refractivity contribution in [1.29, 1.82) is 0 Å². The molecule has 24 heavy (non-hydrogen) atoms. The van der Waals surface area contributed by atoms with Crippen LogP contribution in [0.15, 0.2) is 18.2 Å². The Morgan fingerprint density at radius 3 is 2.46 bits per heavy atom. The third-order valence-corrected chi connectivity index (χ3v) is 6.57. The first kappa shape index (κ1) is 16.1. The molecule has 0 aromatic heterocycles. The SMILES string of the molecule is COc1ccc(OC)c(NC(=O)C23C[C@@H]4C[C@@H](CC(Cl)(C4)C2)C3)c1. The first-order valence-corrected chi connectivity index (χ1v) is 9.05. The van der Waals surface area contributed by atoms with Crippen LogP contribution >= 0.6 is 11.6 Å². The van der Waals surface area contributed by atoms with Crippen molar-refractivity contribution in [2.24, 2.45) is 17.3 Å². The molecule has 2 unspecified atom stereocenters. The number of ether oxygens (including phenoxy) is 2. The van der Waals surface area contributed by atoms with Crippen LogP contribution in [0.1, 0.15) is 38.5 Å². The number of halogens is 1. The van der Waals surface area contributed by atoms with Crippen LogP contribution in [0.25, 0.3) is 0 Å². The minimum atomic E-state index is -0.320. The van der Waals surface area contributed by atoms with E-state index in [0.717, 1.165) is 32.1 Å². The Morgan fingerprint density at radius 1 is 1.17 bits per heavy atom. The van der Waals surface area contributed by atoms with E-state index in [4.69, 9.17) is 21.1 Å². The van der Waals surface area contributed by atoms with E-state index in [2.05, 4.69) is 5.32 Å². The van der Waals surface area contributed by atoms with Crippen LogP contribution in [0.5, 0.6) is 11.5 Å². The van der Waals surface area contributed by atoms with Crippen molar-refractivity contribution >= 4 is 23.2 Å². The van der Waals surface area contributed by atoms with Gasteiger partial charge in [-0.25, -0.2) is 0 Å². The van der Waals surface area contributed by atoms with Crippen molar-refractivity contribution in [2.45, 2.75) is 43.4 Å². The summed E-state index contributed by atoms with van der Waals surface area (Å²) in [5.74, 6) is 2.64. The summed E-state index contributed by atoms with van der Waals surface area (Å²) < 4.78 is 10.7. The summed E-state index contributed by atoms with van der Waals surface area (Å²) >= 11 is 6.85.